The highest BCUT2D eigenvalue weighted by Crippen LogP contribution is 2.26. The molecule has 1 saturated heterocycles. The first-order valence-corrected chi connectivity index (χ1v) is 9.21. The van der Waals surface area contributed by atoms with E-state index in [0.29, 0.717) is 17.7 Å². The van der Waals surface area contributed by atoms with Gasteiger partial charge in [-0.05, 0) is 37.1 Å². The van der Waals surface area contributed by atoms with E-state index >= 15 is 0 Å². The molecule has 2 aromatic rings. The smallest absolute Gasteiger partial charge is 0.261 e. The molecule has 7 nitrogen and oxygen atoms in total. The van der Waals surface area contributed by atoms with Crippen LogP contribution in [0.2, 0.25) is 0 Å². The predicted octanol–water partition coefficient (Wildman–Crippen LogP) is 2.10. The van der Waals surface area contributed by atoms with Crippen molar-refractivity contribution in [2.45, 2.75) is 25.5 Å². The molecule has 0 radical (unpaired) electrons. The fourth-order valence-corrected chi connectivity index (χ4v) is 3.53. The van der Waals surface area contributed by atoms with Crippen molar-refractivity contribution in [1.82, 2.24) is 10.2 Å². The van der Waals surface area contributed by atoms with Gasteiger partial charge in [-0.2, -0.15) is 0 Å². The summed E-state index contributed by atoms with van der Waals surface area (Å²) in [7, 11) is 0. The summed E-state index contributed by atoms with van der Waals surface area (Å²) in [4.78, 5) is 38.9. The van der Waals surface area contributed by atoms with Gasteiger partial charge in [-0.1, -0.05) is 18.2 Å². The quantitative estimate of drug-likeness (QED) is 0.775. The first-order chi connectivity index (χ1) is 13.5. The molecular formula is C21H20N2O5. The number of para-hydroxylation sites is 1. The summed E-state index contributed by atoms with van der Waals surface area (Å²) in [5.74, 6) is -1.03. The maximum Gasteiger partial charge on any atom is 0.261 e. The van der Waals surface area contributed by atoms with Crippen LogP contribution < -0.4 is 5.32 Å². The summed E-state index contributed by atoms with van der Waals surface area (Å²) in [5, 5.41) is 12.5. The molecule has 3 amide bonds. The first kappa shape index (κ1) is 18.2. The molecule has 2 aromatic carbocycles. The number of ether oxygens (including phenoxy) is 1. The third-order valence-electron chi connectivity index (χ3n) is 5.07. The van der Waals surface area contributed by atoms with Gasteiger partial charge < -0.3 is 15.2 Å². The van der Waals surface area contributed by atoms with E-state index in [0.717, 1.165) is 12.8 Å². The minimum absolute atomic E-state index is 0.0994. The Morgan fingerprint density at radius 3 is 2.68 bits per heavy atom. The largest absolute Gasteiger partial charge is 0.508 e. The van der Waals surface area contributed by atoms with Crippen molar-refractivity contribution in [3.63, 3.8) is 0 Å². The van der Waals surface area contributed by atoms with E-state index in [1.807, 2.05) is 0 Å². The Morgan fingerprint density at radius 2 is 1.93 bits per heavy atom. The van der Waals surface area contributed by atoms with Crippen molar-refractivity contribution in [2.75, 3.05) is 13.2 Å². The molecule has 144 valence electrons. The number of carbonyl (C=O) groups is 3. The number of carbonyl (C=O) groups excluding carboxylic acids is 3. The topological polar surface area (TPSA) is 95.9 Å². The number of fused-ring (bicyclic) bond motifs is 1. The van der Waals surface area contributed by atoms with E-state index < -0.39 is 5.91 Å². The Hall–Kier alpha value is -3.19. The van der Waals surface area contributed by atoms with Crippen LogP contribution >= 0.6 is 0 Å². The Kier molecular flexibility index (Phi) is 4.83. The lowest BCUT2D eigenvalue weighted by Gasteiger charge is -2.17. The lowest BCUT2D eigenvalue weighted by atomic mass is 10.1. The van der Waals surface area contributed by atoms with Crippen LogP contribution in [0.4, 0.5) is 0 Å². The van der Waals surface area contributed by atoms with Crippen LogP contribution in [0.25, 0.3) is 0 Å². The number of hydrogen-bond donors (Lipinski definition) is 2. The normalized spacial score (nSPS) is 18.4. The lowest BCUT2D eigenvalue weighted by molar-refractivity contribution is 0.0475. The molecule has 0 spiro atoms. The molecule has 2 aliphatic rings. The van der Waals surface area contributed by atoms with Gasteiger partial charge in [0.15, 0.2) is 0 Å². The standard InChI is InChI=1S/C21H20N2O5/c24-18-6-2-1-4-14(18)11-22-19(25)13-7-8-16-17(10-13)21(27)23(20(16)26)12-15-5-3-9-28-15/h1-2,4,6-8,10,15,24H,3,5,9,11-12H2,(H,22,25). The zero-order valence-electron chi connectivity index (χ0n) is 15.2. The number of benzene rings is 2. The van der Waals surface area contributed by atoms with Crippen LogP contribution in [-0.4, -0.2) is 47.0 Å². The van der Waals surface area contributed by atoms with E-state index in [2.05, 4.69) is 5.32 Å². The molecule has 0 saturated carbocycles. The molecule has 2 aliphatic heterocycles. The number of imide groups is 1. The van der Waals surface area contributed by atoms with Crippen molar-refractivity contribution in [2.24, 2.45) is 0 Å². The second-order valence-electron chi connectivity index (χ2n) is 6.93. The monoisotopic (exact) mass is 380 g/mol. The second-order valence-corrected chi connectivity index (χ2v) is 6.93. The summed E-state index contributed by atoms with van der Waals surface area (Å²) in [6, 6.07) is 11.2. The average molecular weight is 380 g/mol. The molecule has 2 heterocycles. The zero-order valence-corrected chi connectivity index (χ0v) is 15.2. The summed E-state index contributed by atoms with van der Waals surface area (Å²) in [6.45, 7) is 1.04. The van der Waals surface area contributed by atoms with Gasteiger partial charge in [0, 0.05) is 24.3 Å². The van der Waals surface area contributed by atoms with E-state index in [-0.39, 0.29) is 47.9 Å². The Balaban J connectivity index is 1.48. The Morgan fingerprint density at radius 1 is 1.14 bits per heavy atom. The fourth-order valence-electron chi connectivity index (χ4n) is 3.53. The number of phenolic OH excluding ortho intramolecular Hbond substituents is 1. The number of nitrogens with zero attached hydrogens (tertiary/aromatic N) is 1. The van der Waals surface area contributed by atoms with Gasteiger partial charge in [-0.25, -0.2) is 0 Å². The molecular weight excluding hydrogens is 360 g/mol. The first-order valence-electron chi connectivity index (χ1n) is 9.21. The molecule has 0 bridgehead atoms. The summed E-state index contributed by atoms with van der Waals surface area (Å²) in [6.07, 6.45) is 1.63. The number of aromatic hydroxyl groups is 1. The van der Waals surface area contributed by atoms with Crippen LogP contribution in [0.5, 0.6) is 5.75 Å². The lowest BCUT2D eigenvalue weighted by Crippen LogP contribution is -2.36. The molecule has 0 aromatic heterocycles. The maximum absolute atomic E-state index is 12.7. The Bertz CT molecular complexity index is 950. The van der Waals surface area contributed by atoms with Gasteiger partial charge in [-0.3, -0.25) is 19.3 Å². The number of phenols is 1. The van der Waals surface area contributed by atoms with Crippen molar-refractivity contribution in [1.29, 1.82) is 0 Å². The van der Waals surface area contributed by atoms with Gasteiger partial charge >= 0.3 is 0 Å². The van der Waals surface area contributed by atoms with Crippen LogP contribution in [0.1, 0.15) is 49.5 Å². The number of hydrogen-bond acceptors (Lipinski definition) is 5. The molecule has 2 N–H and O–H groups in total. The SMILES string of the molecule is O=C(NCc1ccccc1O)c1ccc2c(c1)C(=O)N(CC1CCCO1)C2=O. The van der Waals surface area contributed by atoms with Crippen LogP contribution in [0, 0.1) is 0 Å². The van der Waals surface area contributed by atoms with Gasteiger partial charge in [0.25, 0.3) is 17.7 Å². The van der Waals surface area contributed by atoms with E-state index in [1.165, 1.54) is 23.1 Å². The van der Waals surface area contributed by atoms with Gasteiger partial charge in [0.1, 0.15) is 5.75 Å². The highest BCUT2D eigenvalue weighted by molar-refractivity contribution is 6.22. The number of amides is 3. The van der Waals surface area contributed by atoms with E-state index in [9.17, 15) is 19.5 Å². The molecule has 1 fully saturated rings. The molecule has 0 aliphatic carbocycles. The van der Waals surface area contributed by atoms with Gasteiger partial charge in [-0.15, -0.1) is 0 Å². The molecule has 1 unspecified atom stereocenters. The minimum atomic E-state index is -0.397. The van der Waals surface area contributed by atoms with Crippen molar-refractivity contribution in [3.8, 4) is 5.75 Å². The third-order valence-corrected chi connectivity index (χ3v) is 5.07. The summed E-state index contributed by atoms with van der Waals surface area (Å²) >= 11 is 0. The number of nitrogens with one attached hydrogen (secondary N) is 1. The Labute approximate surface area is 161 Å². The van der Waals surface area contributed by atoms with Gasteiger partial charge in [0.2, 0.25) is 0 Å². The van der Waals surface area contributed by atoms with E-state index in [1.54, 1.807) is 24.3 Å². The zero-order chi connectivity index (χ0) is 19.7. The predicted molar refractivity (Wildman–Crippen MR) is 100 cm³/mol. The van der Waals surface area contributed by atoms with Crippen LogP contribution in [-0.2, 0) is 11.3 Å². The summed E-state index contributed by atoms with van der Waals surface area (Å²) in [5.41, 5.74) is 1.42. The number of rotatable bonds is 5. The van der Waals surface area contributed by atoms with E-state index in [4.69, 9.17) is 4.74 Å². The molecule has 4 rings (SSSR count). The van der Waals surface area contributed by atoms with Crippen LogP contribution in [0.3, 0.4) is 0 Å². The minimum Gasteiger partial charge on any atom is -0.508 e. The average Bonchev–Trinajstić information content (AvgIpc) is 3.30. The van der Waals surface area contributed by atoms with Crippen LogP contribution in [0.15, 0.2) is 42.5 Å². The highest BCUT2D eigenvalue weighted by atomic mass is 16.5. The third kappa shape index (κ3) is 3.36. The highest BCUT2D eigenvalue weighted by Gasteiger charge is 2.37. The van der Waals surface area contributed by atoms with Crippen molar-refractivity contribution in [3.05, 3.63) is 64.7 Å². The maximum atomic E-state index is 12.7. The van der Waals surface area contributed by atoms with Gasteiger partial charge in [0.05, 0.1) is 23.8 Å². The molecule has 7 heteroatoms. The molecule has 1 atom stereocenters. The molecule has 28 heavy (non-hydrogen) atoms. The van der Waals surface area contributed by atoms with Crippen molar-refractivity contribution < 1.29 is 24.2 Å². The second kappa shape index (κ2) is 7.44. The fraction of sp³-hybridized carbons (Fsp3) is 0.286. The van der Waals surface area contributed by atoms with Crippen molar-refractivity contribution >= 4 is 17.7 Å². The summed E-state index contributed by atoms with van der Waals surface area (Å²) < 4.78 is 5.53.